The van der Waals surface area contributed by atoms with Gasteiger partial charge in [0.05, 0.1) is 6.20 Å². The molecule has 1 N–H and O–H groups in total. The van der Waals surface area contributed by atoms with Crippen molar-refractivity contribution in [2.75, 3.05) is 29.5 Å². The van der Waals surface area contributed by atoms with Crippen molar-refractivity contribution in [3.8, 4) is 11.5 Å². The molecular formula is C23H23N3O2S. The molecule has 148 valence electrons. The van der Waals surface area contributed by atoms with Gasteiger partial charge in [-0.2, -0.15) is 11.8 Å². The van der Waals surface area contributed by atoms with Gasteiger partial charge in [-0.1, -0.05) is 12.1 Å². The molecule has 2 aromatic carbocycles. The summed E-state index contributed by atoms with van der Waals surface area (Å²) in [6.45, 7) is 2.70. The number of thioether (sulfide) groups is 1. The Labute approximate surface area is 175 Å². The number of rotatable bonds is 6. The van der Waals surface area contributed by atoms with Gasteiger partial charge >= 0.3 is 0 Å². The first-order chi connectivity index (χ1) is 14.3. The van der Waals surface area contributed by atoms with Crippen LogP contribution in [-0.4, -0.2) is 35.5 Å². The molecule has 2 heterocycles. The molecule has 1 aromatic heterocycles. The van der Waals surface area contributed by atoms with Crippen LogP contribution < -0.4 is 15.0 Å². The lowest BCUT2D eigenvalue weighted by atomic mass is 10.1. The van der Waals surface area contributed by atoms with Crippen LogP contribution in [0.25, 0.3) is 0 Å². The molecule has 0 unspecified atom stereocenters. The van der Waals surface area contributed by atoms with E-state index in [2.05, 4.69) is 39.5 Å². The summed E-state index contributed by atoms with van der Waals surface area (Å²) >= 11 is 2.01. The van der Waals surface area contributed by atoms with Crippen molar-refractivity contribution >= 4 is 23.4 Å². The fraction of sp³-hybridized carbons (Fsp3) is 0.217. The van der Waals surface area contributed by atoms with Crippen LogP contribution in [0.15, 0.2) is 73.1 Å². The Bertz CT molecular complexity index is 925. The van der Waals surface area contributed by atoms with Gasteiger partial charge in [0.25, 0.3) is 5.91 Å². The maximum atomic E-state index is 12.4. The van der Waals surface area contributed by atoms with E-state index in [1.807, 2.05) is 23.9 Å². The average Bonchev–Trinajstić information content (AvgIpc) is 2.80. The van der Waals surface area contributed by atoms with Gasteiger partial charge in [-0.25, -0.2) is 0 Å². The predicted octanol–water partition coefficient (Wildman–Crippen LogP) is 4.36. The summed E-state index contributed by atoms with van der Waals surface area (Å²) < 4.78 is 5.70. The minimum Gasteiger partial charge on any atom is -0.456 e. The SMILES string of the molecule is O=C(NCc1ccc(N2CCSCC2)cc1)c1ccc(Oc2cccnc2)cc1. The molecule has 3 aromatic rings. The quantitative estimate of drug-likeness (QED) is 0.660. The molecule has 0 atom stereocenters. The Morgan fingerprint density at radius 3 is 2.45 bits per heavy atom. The third-order valence-corrected chi connectivity index (χ3v) is 5.69. The van der Waals surface area contributed by atoms with Crippen molar-refractivity contribution in [1.82, 2.24) is 10.3 Å². The number of carbonyl (C=O) groups is 1. The van der Waals surface area contributed by atoms with Crippen LogP contribution in [0.2, 0.25) is 0 Å². The minimum atomic E-state index is -0.102. The normalized spacial score (nSPS) is 13.7. The Morgan fingerprint density at radius 1 is 1.00 bits per heavy atom. The maximum absolute atomic E-state index is 12.4. The topological polar surface area (TPSA) is 54.5 Å². The van der Waals surface area contributed by atoms with Crippen LogP contribution in [0.5, 0.6) is 11.5 Å². The number of carbonyl (C=O) groups excluding carboxylic acids is 1. The van der Waals surface area contributed by atoms with E-state index in [1.165, 1.54) is 17.2 Å². The summed E-state index contributed by atoms with van der Waals surface area (Å²) in [7, 11) is 0. The molecule has 1 aliphatic rings. The molecule has 0 radical (unpaired) electrons. The molecule has 1 amide bonds. The monoisotopic (exact) mass is 405 g/mol. The predicted molar refractivity (Wildman–Crippen MR) is 118 cm³/mol. The Kier molecular flexibility index (Phi) is 6.32. The molecule has 1 fully saturated rings. The summed E-state index contributed by atoms with van der Waals surface area (Å²) in [5.41, 5.74) is 2.94. The Hall–Kier alpha value is -2.99. The zero-order valence-corrected chi connectivity index (χ0v) is 16.9. The number of pyridine rings is 1. The fourth-order valence-electron chi connectivity index (χ4n) is 3.15. The standard InChI is InChI=1S/C23H23N3O2S/c27-23(19-5-9-21(10-6-19)28-22-2-1-11-24-17-22)25-16-18-3-7-20(8-4-18)26-12-14-29-15-13-26/h1-11,17H,12-16H2,(H,25,27). The Balaban J connectivity index is 1.30. The molecule has 1 aliphatic heterocycles. The molecule has 0 spiro atoms. The number of nitrogens with one attached hydrogen (secondary N) is 1. The second kappa shape index (κ2) is 9.47. The van der Waals surface area contributed by atoms with Crippen molar-refractivity contribution in [2.24, 2.45) is 0 Å². The van der Waals surface area contributed by atoms with E-state index < -0.39 is 0 Å². The first-order valence-corrected chi connectivity index (χ1v) is 10.8. The van der Waals surface area contributed by atoms with E-state index in [0.29, 0.717) is 23.6 Å². The van der Waals surface area contributed by atoms with E-state index in [0.717, 1.165) is 18.7 Å². The molecule has 0 saturated carbocycles. The molecular weight excluding hydrogens is 382 g/mol. The van der Waals surface area contributed by atoms with Gasteiger partial charge in [0, 0.05) is 48.6 Å². The number of anilines is 1. The first-order valence-electron chi connectivity index (χ1n) is 9.66. The van der Waals surface area contributed by atoms with Crippen LogP contribution in [0, 0.1) is 0 Å². The van der Waals surface area contributed by atoms with Crippen molar-refractivity contribution in [3.63, 3.8) is 0 Å². The number of ether oxygens (including phenoxy) is 1. The van der Waals surface area contributed by atoms with E-state index >= 15 is 0 Å². The molecule has 6 heteroatoms. The highest BCUT2D eigenvalue weighted by Gasteiger charge is 2.11. The van der Waals surface area contributed by atoms with Crippen LogP contribution in [0.3, 0.4) is 0 Å². The lowest BCUT2D eigenvalue weighted by molar-refractivity contribution is 0.0951. The van der Waals surface area contributed by atoms with Crippen LogP contribution in [0.4, 0.5) is 5.69 Å². The number of hydrogen-bond acceptors (Lipinski definition) is 5. The van der Waals surface area contributed by atoms with Crippen molar-refractivity contribution in [3.05, 3.63) is 84.2 Å². The fourth-order valence-corrected chi connectivity index (χ4v) is 4.05. The molecule has 29 heavy (non-hydrogen) atoms. The maximum Gasteiger partial charge on any atom is 0.251 e. The van der Waals surface area contributed by atoms with Gasteiger partial charge in [0.15, 0.2) is 0 Å². The lowest BCUT2D eigenvalue weighted by Gasteiger charge is -2.28. The zero-order valence-electron chi connectivity index (χ0n) is 16.1. The second-order valence-corrected chi connectivity index (χ2v) is 7.99. The highest BCUT2D eigenvalue weighted by Crippen LogP contribution is 2.21. The van der Waals surface area contributed by atoms with Crippen molar-refractivity contribution < 1.29 is 9.53 Å². The summed E-state index contributed by atoms with van der Waals surface area (Å²) in [5.74, 6) is 3.60. The smallest absolute Gasteiger partial charge is 0.251 e. The third-order valence-electron chi connectivity index (χ3n) is 4.75. The van der Waals surface area contributed by atoms with Gasteiger partial charge in [0.1, 0.15) is 11.5 Å². The molecule has 0 bridgehead atoms. The minimum absolute atomic E-state index is 0.102. The molecule has 5 nitrogen and oxygen atoms in total. The highest BCUT2D eigenvalue weighted by atomic mass is 32.2. The number of amides is 1. The van der Waals surface area contributed by atoms with Crippen LogP contribution in [0.1, 0.15) is 15.9 Å². The zero-order chi connectivity index (χ0) is 19.9. The van der Waals surface area contributed by atoms with E-state index in [1.54, 1.807) is 36.7 Å². The van der Waals surface area contributed by atoms with Crippen LogP contribution >= 0.6 is 11.8 Å². The number of hydrogen-bond donors (Lipinski definition) is 1. The van der Waals surface area contributed by atoms with E-state index in [-0.39, 0.29) is 5.91 Å². The third kappa shape index (κ3) is 5.29. The van der Waals surface area contributed by atoms with Gasteiger partial charge in [0.2, 0.25) is 0 Å². The number of nitrogens with zero attached hydrogens (tertiary/aromatic N) is 2. The summed E-state index contributed by atoms with van der Waals surface area (Å²) in [4.78, 5) is 18.9. The summed E-state index contributed by atoms with van der Waals surface area (Å²) in [5, 5.41) is 2.98. The van der Waals surface area contributed by atoms with Gasteiger partial charge in [-0.05, 0) is 54.1 Å². The average molecular weight is 406 g/mol. The molecule has 4 rings (SSSR count). The number of benzene rings is 2. The summed E-state index contributed by atoms with van der Waals surface area (Å²) in [6, 6.07) is 19.2. The van der Waals surface area contributed by atoms with Crippen molar-refractivity contribution in [1.29, 1.82) is 0 Å². The second-order valence-electron chi connectivity index (χ2n) is 6.76. The van der Waals surface area contributed by atoms with Gasteiger partial charge in [-0.3, -0.25) is 9.78 Å². The van der Waals surface area contributed by atoms with Crippen LogP contribution in [-0.2, 0) is 6.54 Å². The number of aromatic nitrogens is 1. The largest absolute Gasteiger partial charge is 0.456 e. The highest BCUT2D eigenvalue weighted by molar-refractivity contribution is 7.99. The first kappa shape index (κ1) is 19.3. The van der Waals surface area contributed by atoms with Gasteiger partial charge in [-0.15, -0.1) is 0 Å². The Morgan fingerprint density at radius 2 is 1.76 bits per heavy atom. The molecule has 1 saturated heterocycles. The molecule has 0 aliphatic carbocycles. The van der Waals surface area contributed by atoms with E-state index in [4.69, 9.17) is 4.74 Å². The summed E-state index contributed by atoms with van der Waals surface area (Å²) in [6.07, 6.45) is 3.34. The van der Waals surface area contributed by atoms with E-state index in [9.17, 15) is 4.79 Å². The lowest BCUT2D eigenvalue weighted by Crippen LogP contribution is -2.32. The van der Waals surface area contributed by atoms with Gasteiger partial charge < -0.3 is 15.0 Å². The van der Waals surface area contributed by atoms with Crippen molar-refractivity contribution in [2.45, 2.75) is 6.54 Å².